The average molecular weight is 639 g/mol. The summed E-state index contributed by atoms with van der Waals surface area (Å²) >= 11 is 0. The summed E-state index contributed by atoms with van der Waals surface area (Å²) in [6, 6.07) is 0.285. The fraction of sp³-hybridized carbons (Fsp3) is 0.833. The van der Waals surface area contributed by atoms with Crippen LogP contribution in [0.5, 0.6) is 0 Å². The summed E-state index contributed by atoms with van der Waals surface area (Å²) in [4.78, 5) is 2.56. The van der Waals surface area contributed by atoms with Crippen LogP contribution < -0.4 is 0 Å². The molecule has 1 aromatic heterocycles. The van der Waals surface area contributed by atoms with E-state index in [4.69, 9.17) is 9.47 Å². The van der Waals surface area contributed by atoms with Crippen LogP contribution in [0.15, 0.2) is 29.0 Å². The van der Waals surface area contributed by atoms with Crippen molar-refractivity contribution in [2.45, 2.75) is 140 Å². The van der Waals surface area contributed by atoms with Crippen molar-refractivity contribution < 1.29 is 29.9 Å². The number of piperidine rings is 1. The van der Waals surface area contributed by atoms with Gasteiger partial charge < -0.3 is 29.9 Å². The Labute approximate surface area is 272 Å². The number of hydrogen-bond donors (Lipinski definition) is 4. The van der Waals surface area contributed by atoms with Gasteiger partial charge in [-0.2, -0.15) is 0 Å². The van der Waals surface area contributed by atoms with Crippen molar-refractivity contribution in [3.8, 4) is 0 Å². The number of aliphatic hydroxyl groups is 4. The van der Waals surface area contributed by atoms with E-state index in [2.05, 4.69) is 49.0 Å². The normalized spacial score (nSPS) is 49.3. The Morgan fingerprint density at radius 1 is 1.02 bits per heavy atom. The number of likely N-dealkylation sites (tertiary alicyclic amines) is 1. The fourth-order valence-electron chi connectivity index (χ4n) is 11.6. The molecule has 0 bridgehead atoms. The van der Waals surface area contributed by atoms with E-state index in [-0.39, 0.29) is 42.3 Å². The summed E-state index contributed by atoms with van der Waals surface area (Å²) in [5.74, 6) is 2.89. The van der Waals surface area contributed by atoms with Crippen molar-refractivity contribution >= 4 is 0 Å². The highest BCUT2D eigenvalue weighted by Gasteiger charge is 2.61. The van der Waals surface area contributed by atoms with Crippen molar-refractivity contribution in [2.75, 3.05) is 13.2 Å². The van der Waals surface area contributed by atoms with Gasteiger partial charge in [-0.15, -0.1) is 5.10 Å². The maximum Gasteiger partial charge on any atom is 0.177 e. The third kappa shape index (κ3) is 4.83. The topological polar surface area (TPSA) is 133 Å². The third-order valence-electron chi connectivity index (χ3n) is 14.0. The molecule has 0 amide bonds. The lowest BCUT2D eigenvalue weighted by molar-refractivity contribution is -0.0916. The average Bonchev–Trinajstić information content (AvgIpc) is 3.68. The Bertz CT molecular complexity index is 1400. The molecule has 3 saturated heterocycles. The summed E-state index contributed by atoms with van der Waals surface area (Å²) in [5.41, 5.74) is 5.53. The summed E-state index contributed by atoms with van der Waals surface area (Å²) < 4.78 is 14.6. The molecule has 2 saturated carbocycles. The minimum Gasteiger partial charge on any atom is -0.393 e. The molecule has 10 nitrogen and oxygen atoms in total. The van der Waals surface area contributed by atoms with E-state index in [1.165, 1.54) is 28.7 Å². The molecule has 5 fully saturated rings. The molecule has 1 spiro atoms. The van der Waals surface area contributed by atoms with Gasteiger partial charge in [-0.3, -0.25) is 4.90 Å². The first kappa shape index (κ1) is 31.6. The number of allylic oxidation sites excluding steroid dienone is 2. The summed E-state index contributed by atoms with van der Waals surface area (Å²) in [5, 5.41) is 50.0. The van der Waals surface area contributed by atoms with Gasteiger partial charge in [-0.25, -0.2) is 4.68 Å². The van der Waals surface area contributed by atoms with Crippen LogP contribution in [0, 0.1) is 35.0 Å². The second-order valence-electron chi connectivity index (χ2n) is 16.5. The van der Waals surface area contributed by atoms with Crippen LogP contribution in [0.1, 0.15) is 97.4 Å². The minimum atomic E-state index is -1.04. The SMILES string of the molecule is CC1=C2CC3C(CC=C4CC(O)CCC43C)C2CCC12OC1CC(C)CN(Cc3cn(C4OCC(O)C(O)CC4O)nn3)C1C2C. The number of nitrogens with zero attached hydrogens (tertiary/aromatic N) is 4. The van der Waals surface area contributed by atoms with Crippen molar-refractivity contribution in [3.63, 3.8) is 0 Å². The molecular weight excluding hydrogens is 584 g/mol. The summed E-state index contributed by atoms with van der Waals surface area (Å²) in [6.45, 7) is 11.2. The molecule has 46 heavy (non-hydrogen) atoms. The highest BCUT2D eigenvalue weighted by Crippen LogP contribution is 2.65. The fourth-order valence-corrected chi connectivity index (χ4v) is 11.6. The van der Waals surface area contributed by atoms with Crippen molar-refractivity contribution in [2.24, 2.45) is 35.0 Å². The second-order valence-corrected chi connectivity index (χ2v) is 16.5. The van der Waals surface area contributed by atoms with E-state index in [9.17, 15) is 20.4 Å². The summed E-state index contributed by atoms with van der Waals surface area (Å²) in [7, 11) is 0. The zero-order chi connectivity index (χ0) is 32.1. The molecule has 1 aromatic rings. The van der Waals surface area contributed by atoms with Gasteiger partial charge in [0.2, 0.25) is 0 Å². The Hall–Kier alpha value is -1.66. The number of hydrogen-bond acceptors (Lipinski definition) is 9. The number of aromatic nitrogens is 3. The Balaban J connectivity index is 1.03. The van der Waals surface area contributed by atoms with Gasteiger partial charge in [-0.05, 0) is 93.0 Å². The molecule has 14 unspecified atom stereocenters. The molecule has 0 radical (unpaired) electrons. The maximum atomic E-state index is 10.7. The highest BCUT2D eigenvalue weighted by molar-refractivity contribution is 5.38. The Morgan fingerprint density at radius 3 is 2.67 bits per heavy atom. The third-order valence-corrected chi connectivity index (χ3v) is 14.0. The van der Waals surface area contributed by atoms with E-state index in [1.807, 2.05) is 6.20 Å². The van der Waals surface area contributed by atoms with E-state index < -0.39 is 24.5 Å². The molecule has 254 valence electrons. The van der Waals surface area contributed by atoms with Crippen LogP contribution in [0.3, 0.4) is 0 Å². The number of rotatable bonds is 3. The highest BCUT2D eigenvalue weighted by atomic mass is 16.5. The molecule has 0 aromatic carbocycles. The van der Waals surface area contributed by atoms with Crippen LogP contribution in [0.25, 0.3) is 0 Å². The Kier molecular flexibility index (Phi) is 7.87. The van der Waals surface area contributed by atoms with Crippen LogP contribution in [-0.2, 0) is 16.0 Å². The minimum absolute atomic E-state index is 0.0165. The molecule has 4 aliphatic carbocycles. The first-order valence-corrected chi connectivity index (χ1v) is 18.0. The van der Waals surface area contributed by atoms with E-state index in [0.717, 1.165) is 50.8 Å². The van der Waals surface area contributed by atoms with Crippen LogP contribution in [0.2, 0.25) is 0 Å². The van der Waals surface area contributed by atoms with Gasteiger partial charge in [-0.1, -0.05) is 43.2 Å². The quantitative estimate of drug-likeness (QED) is 0.367. The van der Waals surface area contributed by atoms with Gasteiger partial charge >= 0.3 is 0 Å². The smallest absolute Gasteiger partial charge is 0.177 e. The molecular formula is C36H54N4O6. The molecule has 4 heterocycles. The first-order chi connectivity index (χ1) is 22.0. The molecule has 7 aliphatic rings. The molecule has 8 rings (SSSR count). The van der Waals surface area contributed by atoms with Crippen LogP contribution in [-0.4, -0.2) is 95.6 Å². The zero-order valence-electron chi connectivity index (χ0n) is 28.0. The zero-order valence-corrected chi connectivity index (χ0v) is 28.0. The number of ether oxygens (including phenoxy) is 2. The Morgan fingerprint density at radius 2 is 1.85 bits per heavy atom. The monoisotopic (exact) mass is 638 g/mol. The van der Waals surface area contributed by atoms with Gasteiger partial charge in [0.25, 0.3) is 0 Å². The standard InChI is InChI=1S/C36H54N4O6/c1-19-11-32-33(39(15-19)16-23-17-40(38-37-23)34-30(43)14-29(42)31(44)18-45-34)21(3)36(46-32)10-8-25-26-6-5-22-12-24(41)7-9-35(22,4)28(26)13-27(25)20(36)2/h5,17,19,21,24-26,28-34,41-44H,6-16,18H2,1-4H3. The van der Waals surface area contributed by atoms with E-state index >= 15 is 0 Å². The second kappa shape index (κ2) is 11.5. The van der Waals surface area contributed by atoms with Gasteiger partial charge in [0, 0.05) is 31.5 Å². The summed E-state index contributed by atoms with van der Waals surface area (Å²) in [6.07, 6.45) is 9.10. The first-order valence-electron chi connectivity index (χ1n) is 18.0. The largest absolute Gasteiger partial charge is 0.393 e. The van der Waals surface area contributed by atoms with Gasteiger partial charge in [0.15, 0.2) is 6.23 Å². The van der Waals surface area contributed by atoms with Crippen molar-refractivity contribution in [1.29, 1.82) is 0 Å². The molecule has 10 heteroatoms. The predicted octanol–water partition coefficient (Wildman–Crippen LogP) is 3.51. The lowest BCUT2D eigenvalue weighted by Gasteiger charge is -2.49. The molecule has 3 aliphatic heterocycles. The van der Waals surface area contributed by atoms with Gasteiger partial charge in [0.1, 0.15) is 12.2 Å². The van der Waals surface area contributed by atoms with E-state index in [1.54, 1.807) is 5.57 Å². The molecule has 14 atom stereocenters. The lowest BCUT2D eigenvalue weighted by Crippen LogP contribution is -2.51. The number of fused-ring (bicyclic) bond motifs is 6. The molecule has 4 N–H and O–H groups in total. The lowest BCUT2D eigenvalue weighted by atomic mass is 9.56. The predicted molar refractivity (Wildman–Crippen MR) is 170 cm³/mol. The van der Waals surface area contributed by atoms with Crippen molar-refractivity contribution in [3.05, 3.63) is 34.7 Å². The van der Waals surface area contributed by atoms with Crippen LogP contribution >= 0.6 is 0 Å². The van der Waals surface area contributed by atoms with Crippen LogP contribution in [0.4, 0.5) is 0 Å². The number of aliphatic hydroxyl groups excluding tert-OH is 4. The van der Waals surface area contributed by atoms with Gasteiger partial charge in [0.05, 0.1) is 42.4 Å². The van der Waals surface area contributed by atoms with E-state index in [0.29, 0.717) is 36.1 Å². The van der Waals surface area contributed by atoms with Crippen molar-refractivity contribution in [1.82, 2.24) is 19.9 Å². The maximum absolute atomic E-state index is 10.7.